The molecule has 0 saturated heterocycles. The van der Waals surface area contributed by atoms with E-state index in [2.05, 4.69) is 34.1 Å². The fourth-order valence-corrected chi connectivity index (χ4v) is 3.77. The Morgan fingerprint density at radius 1 is 1.00 bits per heavy atom. The number of fused-ring (bicyclic) bond motifs is 3. The van der Waals surface area contributed by atoms with Gasteiger partial charge in [0.2, 0.25) is 0 Å². The number of aromatic nitrogens is 1. The van der Waals surface area contributed by atoms with Crippen LogP contribution in [-0.4, -0.2) is 10.9 Å². The van der Waals surface area contributed by atoms with E-state index < -0.39 is 0 Å². The van der Waals surface area contributed by atoms with Crippen molar-refractivity contribution in [2.45, 2.75) is 32.1 Å². The summed E-state index contributed by atoms with van der Waals surface area (Å²) in [6, 6.07) is 14.5. The minimum atomic E-state index is 0.808. The number of rotatable bonds is 4. The van der Waals surface area contributed by atoms with Gasteiger partial charge in [-0.3, -0.25) is 0 Å². The van der Waals surface area contributed by atoms with Gasteiger partial charge in [-0.05, 0) is 79.6 Å². The van der Waals surface area contributed by atoms with E-state index in [4.69, 9.17) is 5.73 Å². The van der Waals surface area contributed by atoms with E-state index in [1.807, 2.05) is 24.3 Å². The molecule has 0 unspecified atom stereocenters. The Kier molecular flexibility index (Phi) is 3.70. The van der Waals surface area contributed by atoms with Crippen molar-refractivity contribution in [3.63, 3.8) is 0 Å². The molecular formula is C20H23N3. The Labute approximate surface area is 137 Å². The first-order chi connectivity index (χ1) is 11.3. The van der Waals surface area contributed by atoms with E-state index in [1.165, 1.54) is 42.5 Å². The molecule has 1 aromatic carbocycles. The molecule has 0 aliphatic heterocycles. The molecule has 118 valence electrons. The summed E-state index contributed by atoms with van der Waals surface area (Å²) in [7, 11) is 0. The molecule has 0 atom stereocenters. The second-order valence-electron chi connectivity index (χ2n) is 6.37. The van der Waals surface area contributed by atoms with Gasteiger partial charge in [-0.2, -0.15) is 0 Å². The lowest BCUT2D eigenvalue weighted by Gasteiger charge is -2.13. The van der Waals surface area contributed by atoms with Crippen molar-refractivity contribution in [1.82, 2.24) is 4.40 Å². The van der Waals surface area contributed by atoms with Gasteiger partial charge in [0.05, 0.1) is 0 Å². The SMILES string of the molecule is Nc1ccc(NCCc2c3c(n4ccccc24)CCCC3)cc1. The zero-order valence-corrected chi connectivity index (χ0v) is 13.4. The summed E-state index contributed by atoms with van der Waals surface area (Å²) in [6.45, 7) is 0.949. The van der Waals surface area contributed by atoms with Crippen LogP contribution in [0.25, 0.3) is 5.52 Å². The Morgan fingerprint density at radius 3 is 2.70 bits per heavy atom. The molecule has 0 fully saturated rings. The third-order valence-electron chi connectivity index (χ3n) is 4.88. The molecule has 4 rings (SSSR count). The maximum Gasteiger partial charge on any atom is 0.0488 e. The van der Waals surface area contributed by atoms with Crippen molar-refractivity contribution in [2.24, 2.45) is 0 Å². The number of nitrogens with two attached hydrogens (primary N) is 1. The van der Waals surface area contributed by atoms with Crippen LogP contribution in [-0.2, 0) is 19.3 Å². The summed E-state index contributed by atoms with van der Waals surface area (Å²) in [6.07, 6.45) is 8.36. The predicted octanol–water partition coefficient (Wildman–Crippen LogP) is 4.05. The van der Waals surface area contributed by atoms with Gasteiger partial charge in [0.1, 0.15) is 0 Å². The number of pyridine rings is 1. The van der Waals surface area contributed by atoms with Crippen LogP contribution in [0.1, 0.15) is 29.7 Å². The van der Waals surface area contributed by atoms with Crippen molar-refractivity contribution in [1.29, 1.82) is 0 Å². The lowest BCUT2D eigenvalue weighted by molar-refractivity contribution is 0.665. The third kappa shape index (κ3) is 2.67. The Hall–Kier alpha value is -2.42. The molecule has 2 aromatic heterocycles. The fourth-order valence-electron chi connectivity index (χ4n) is 3.77. The van der Waals surface area contributed by atoms with Crippen LogP contribution in [0.3, 0.4) is 0 Å². The highest BCUT2D eigenvalue weighted by Gasteiger charge is 2.19. The van der Waals surface area contributed by atoms with E-state index >= 15 is 0 Å². The number of nitrogens with zero attached hydrogens (tertiary/aromatic N) is 1. The highest BCUT2D eigenvalue weighted by atomic mass is 14.9. The van der Waals surface area contributed by atoms with Crippen LogP contribution in [0.2, 0.25) is 0 Å². The number of hydrogen-bond donors (Lipinski definition) is 2. The van der Waals surface area contributed by atoms with Crippen molar-refractivity contribution in [3.8, 4) is 0 Å². The summed E-state index contributed by atoms with van der Waals surface area (Å²) in [5, 5.41) is 3.52. The first-order valence-corrected chi connectivity index (χ1v) is 8.52. The molecule has 3 heteroatoms. The van der Waals surface area contributed by atoms with E-state index in [-0.39, 0.29) is 0 Å². The van der Waals surface area contributed by atoms with Crippen LogP contribution in [0, 0.1) is 0 Å². The third-order valence-corrected chi connectivity index (χ3v) is 4.88. The summed E-state index contributed by atoms with van der Waals surface area (Å²) < 4.78 is 2.41. The van der Waals surface area contributed by atoms with Gasteiger partial charge in [0, 0.05) is 35.3 Å². The summed E-state index contributed by atoms with van der Waals surface area (Å²) in [4.78, 5) is 0. The van der Waals surface area contributed by atoms with E-state index in [1.54, 1.807) is 5.56 Å². The topological polar surface area (TPSA) is 42.5 Å². The van der Waals surface area contributed by atoms with Gasteiger partial charge < -0.3 is 15.5 Å². The van der Waals surface area contributed by atoms with Crippen LogP contribution in [0.4, 0.5) is 11.4 Å². The summed E-state index contributed by atoms with van der Waals surface area (Å²) in [5.74, 6) is 0. The summed E-state index contributed by atoms with van der Waals surface area (Å²) in [5.41, 5.74) is 13.7. The highest BCUT2D eigenvalue weighted by molar-refractivity contribution is 5.63. The first-order valence-electron chi connectivity index (χ1n) is 8.52. The second kappa shape index (κ2) is 5.99. The van der Waals surface area contributed by atoms with E-state index in [0.717, 1.165) is 24.3 Å². The minimum absolute atomic E-state index is 0.808. The summed E-state index contributed by atoms with van der Waals surface area (Å²) >= 11 is 0. The normalized spacial score (nSPS) is 13.9. The van der Waals surface area contributed by atoms with Gasteiger partial charge >= 0.3 is 0 Å². The molecule has 2 heterocycles. The largest absolute Gasteiger partial charge is 0.399 e. The van der Waals surface area contributed by atoms with Gasteiger partial charge in [-0.25, -0.2) is 0 Å². The standard InChI is InChI=1S/C20H23N3/c21-15-8-10-16(11-9-15)22-13-12-18-17-5-1-2-6-19(17)23-14-4-3-7-20(18)23/h3-4,7-11,14,22H,1-2,5-6,12-13,21H2. The van der Waals surface area contributed by atoms with Gasteiger partial charge in [-0.15, -0.1) is 0 Å². The van der Waals surface area contributed by atoms with Gasteiger partial charge in [0.25, 0.3) is 0 Å². The molecule has 1 aliphatic rings. The number of nitrogen functional groups attached to an aromatic ring is 1. The number of benzene rings is 1. The molecule has 3 aromatic rings. The molecule has 0 bridgehead atoms. The van der Waals surface area contributed by atoms with Crippen molar-refractivity contribution >= 4 is 16.9 Å². The van der Waals surface area contributed by atoms with Crippen molar-refractivity contribution in [2.75, 3.05) is 17.6 Å². The van der Waals surface area contributed by atoms with E-state index in [9.17, 15) is 0 Å². The fraction of sp³-hybridized carbons (Fsp3) is 0.300. The average molecular weight is 305 g/mol. The molecule has 0 amide bonds. The molecule has 0 radical (unpaired) electrons. The lowest BCUT2D eigenvalue weighted by Crippen LogP contribution is -2.08. The maximum atomic E-state index is 5.74. The highest BCUT2D eigenvalue weighted by Crippen LogP contribution is 2.30. The van der Waals surface area contributed by atoms with Crippen LogP contribution < -0.4 is 11.1 Å². The quantitative estimate of drug-likeness (QED) is 0.714. The molecule has 0 spiro atoms. The van der Waals surface area contributed by atoms with Gasteiger partial charge in [0.15, 0.2) is 0 Å². The maximum absolute atomic E-state index is 5.74. The second-order valence-corrected chi connectivity index (χ2v) is 6.37. The molecule has 3 N–H and O–H groups in total. The minimum Gasteiger partial charge on any atom is -0.399 e. The van der Waals surface area contributed by atoms with Crippen molar-refractivity contribution < 1.29 is 0 Å². The van der Waals surface area contributed by atoms with Gasteiger partial charge in [-0.1, -0.05) is 6.07 Å². The molecular weight excluding hydrogens is 282 g/mol. The number of hydrogen-bond acceptors (Lipinski definition) is 2. The first kappa shape index (κ1) is 14.2. The van der Waals surface area contributed by atoms with Crippen LogP contribution >= 0.6 is 0 Å². The zero-order valence-electron chi connectivity index (χ0n) is 13.4. The van der Waals surface area contributed by atoms with E-state index in [0.29, 0.717) is 0 Å². The monoisotopic (exact) mass is 305 g/mol. The number of anilines is 2. The molecule has 23 heavy (non-hydrogen) atoms. The Morgan fingerprint density at radius 2 is 1.83 bits per heavy atom. The zero-order chi connectivity index (χ0) is 15.6. The predicted molar refractivity (Wildman–Crippen MR) is 97.1 cm³/mol. The number of nitrogens with one attached hydrogen (secondary N) is 1. The molecule has 1 aliphatic carbocycles. The molecule has 3 nitrogen and oxygen atoms in total. The molecule has 0 saturated carbocycles. The lowest BCUT2D eigenvalue weighted by atomic mass is 9.93. The van der Waals surface area contributed by atoms with Crippen molar-refractivity contribution in [3.05, 3.63) is 65.5 Å². The average Bonchev–Trinajstić information content (AvgIpc) is 2.91. The smallest absolute Gasteiger partial charge is 0.0488 e. The Bertz CT molecular complexity index is 815. The Balaban J connectivity index is 1.57. The number of aryl methyl sites for hydroxylation is 1. The van der Waals surface area contributed by atoms with Crippen LogP contribution in [0.5, 0.6) is 0 Å². The van der Waals surface area contributed by atoms with Crippen LogP contribution in [0.15, 0.2) is 48.7 Å².